The maximum absolute atomic E-state index is 11.6. The summed E-state index contributed by atoms with van der Waals surface area (Å²) in [6, 6.07) is -1.34. The van der Waals surface area contributed by atoms with Gasteiger partial charge in [-0.3, -0.25) is 9.59 Å². The summed E-state index contributed by atoms with van der Waals surface area (Å²) in [6.45, 7) is 0. The van der Waals surface area contributed by atoms with E-state index in [-0.39, 0.29) is 11.2 Å². The Kier molecular flexibility index (Phi) is 4.60. The second kappa shape index (κ2) is 5.74. The fraction of sp³-hybridized carbons (Fsp3) is 0.667. The molecule has 0 aliphatic carbocycles. The first-order valence-corrected chi connectivity index (χ1v) is 5.92. The highest BCUT2D eigenvalue weighted by Gasteiger charge is 2.29. The fourth-order valence-electron chi connectivity index (χ4n) is 1.42. The van der Waals surface area contributed by atoms with Crippen LogP contribution in [0.25, 0.3) is 0 Å². The van der Waals surface area contributed by atoms with E-state index >= 15 is 0 Å². The average Bonchev–Trinajstić information content (AvgIpc) is 2.68. The predicted octanol–water partition coefficient (Wildman–Crippen LogP) is -0.0739. The lowest BCUT2D eigenvalue weighted by atomic mass is 10.2. The molecule has 0 bridgehead atoms. The molecule has 1 unspecified atom stereocenters. The molecule has 6 nitrogen and oxygen atoms in total. The summed E-state index contributed by atoms with van der Waals surface area (Å²) in [5.74, 6) is -2.06. The minimum absolute atomic E-state index is 0.240. The van der Waals surface area contributed by atoms with Crippen molar-refractivity contribution in [1.29, 1.82) is 0 Å². The minimum Gasteiger partial charge on any atom is -0.481 e. The molecule has 1 aliphatic rings. The van der Waals surface area contributed by atoms with Crippen molar-refractivity contribution in [3.8, 4) is 0 Å². The Bertz CT molecular complexity index is 300. The van der Waals surface area contributed by atoms with Crippen molar-refractivity contribution in [3.05, 3.63) is 0 Å². The maximum Gasteiger partial charge on any atom is 0.326 e. The molecule has 0 saturated carbocycles. The largest absolute Gasteiger partial charge is 0.481 e. The van der Waals surface area contributed by atoms with Gasteiger partial charge in [-0.25, -0.2) is 4.79 Å². The zero-order chi connectivity index (χ0) is 12.1. The summed E-state index contributed by atoms with van der Waals surface area (Å²) in [6.07, 6.45) is 1.05. The van der Waals surface area contributed by atoms with Crippen LogP contribution < -0.4 is 5.32 Å². The normalized spacial score (nSPS) is 21.4. The van der Waals surface area contributed by atoms with Gasteiger partial charge >= 0.3 is 11.9 Å². The van der Waals surface area contributed by atoms with E-state index in [2.05, 4.69) is 5.32 Å². The lowest BCUT2D eigenvalue weighted by molar-refractivity contribution is -0.147. The van der Waals surface area contributed by atoms with Gasteiger partial charge in [-0.2, -0.15) is 0 Å². The van der Waals surface area contributed by atoms with E-state index in [0.29, 0.717) is 0 Å². The number of carboxylic acid groups (broad SMARTS) is 2. The summed E-state index contributed by atoms with van der Waals surface area (Å²) in [4.78, 5) is 32.7. The first kappa shape index (κ1) is 12.8. The topological polar surface area (TPSA) is 104 Å². The van der Waals surface area contributed by atoms with Gasteiger partial charge in [0.1, 0.15) is 6.04 Å². The number of amides is 1. The lowest BCUT2D eigenvalue weighted by Gasteiger charge is -2.15. The highest BCUT2D eigenvalue weighted by atomic mass is 32.2. The molecule has 2 atom stereocenters. The van der Waals surface area contributed by atoms with Crippen molar-refractivity contribution in [1.82, 2.24) is 5.32 Å². The monoisotopic (exact) mass is 247 g/mol. The van der Waals surface area contributed by atoms with E-state index in [4.69, 9.17) is 10.2 Å². The van der Waals surface area contributed by atoms with Crippen LogP contribution in [-0.4, -0.2) is 45.1 Å². The number of rotatable bonds is 5. The molecule has 0 radical (unpaired) electrons. The van der Waals surface area contributed by atoms with E-state index in [9.17, 15) is 14.4 Å². The van der Waals surface area contributed by atoms with Crippen LogP contribution in [-0.2, 0) is 14.4 Å². The Balaban J connectivity index is 2.50. The molecular weight excluding hydrogens is 234 g/mol. The molecule has 3 N–H and O–H groups in total. The Hall–Kier alpha value is -1.24. The van der Waals surface area contributed by atoms with Gasteiger partial charge in [0.2, 0.25) is 5.91 Å². The standard InChI is InChI=1S/C9H13NO5S/c11-7(12)4-5(9(14)15)10-8(13)6-2-1-3-16-6/h5-6H,1-4H2,(H,10,13)(H,11,12)(H,14,15)/t5-,6?/m0/s1. The number of thioether (sulfide) groups is 1. The molecule has 0 aromatic rings. The molecule has 16 heavy (non-hydrogen) atoms. The van der Waals surface area contributed by atoms with Crippen LogP contribution in [0.2, 0.25) is 0 Å². The molecule has 7 heteroatoms. The molecule has 1 fully saturated rings. The van der Waals surface area contributed by atoms with Crippen molar-refractivity contribution in [3.63, 3.8) is 0 Å². The van der Waals surface area contributed by atoms with Gasteiger partial charge in [-0.05, 0) is 18.6 Å². The Morgan fingerprint density at radius 1 is 1.38 bits per heavy atom. The molecule has 1 aliphatic heterocycles. The summed E-state index contributed by atoms with van der Waals surface area (Å²) in [7, 11) is 0. The summed E-state index contributed by atoms with van der Waals surface area (Å²) in [5.41, 5.74) is 0. The number of nitrogens with one attached hydrogen (secondary N) is 1. The number of hydrogen-bond donors (Lipinski definition) is 3. The van der Waals surface area contributed by atoms with Gasteiger partial charge < -0.3 is 15.5 Å². The zero-order valence-corrected chi connectivity index (χ0v) is 9.33. The highest BCUT2D eigenvalue weighted by molar-refractivity contribution is 8.00. The van der Waals surface area contributed by atoms with E-state index < -0.39 is 24.4 Å². The van der Waals surface area contributed by atoms with Crippen molar-refractivity contribution in [2.24, 2.45) is 0 Å². The second-order valence-corrected chi connectivity index (χ2v) is 4.81. The SMILES string of the molecule is O=C(O)C[C@H](NC(=O)C1CCCS1)C(=O)O. The number of carbonyl (C=O) groups excluding carboxylic acids is 1. The molecule has 1 saturated heterocycles. The first-order valence-electron chi connectivity index (χ1n) is 4.87. The van der Waals surface area contributed by atoms with Crippen LogP contribution in [0.1, 0.15) is 19.3 Å². The van der Waals surface area contributed by atoms with E-state index in [1.165, 1.54) is 11.8 Å². The third-order valence-corrected chi connectivity index (χ3v) is 3.59. The Morgan fingerprint density at radius 2 is 2.06 bits per heavy atom. The van der Waals surface area contributed by atoms with Crippen molar-refractivity contribution in [2.75, 3.05) is 5.75 Å². The minimum atomic E-state index is -1.34. The van der Waals surface area contributed by atoms with Crippen LogP contribution in [0, 0.1) is 0 Å². The van der Waals surface area contributed by atoms with Crippen LogP contribution >= 0.6 is 11.8 Å². The maximum atomic E-state index is 11.6. The van der Waals surface area contributed by atoms with Gasteiger partial charge in [0.25, 0.3) is 0 Å². The van der Waals surface area contributed by atoms with Crippen molar-refractivity contribution in [2.45, 2.75) is 30.6 Å². The van der Waals surface area contributed by atoms with Crippen LogP contribution in [0.5, 0.6) is 0 Å². The molecule has 90 valence electrons. The molecule has 1 heterocycles. The smallest absolute Gasteiger partial charge is 0.326 e. The van der Waals surface area contributed by atoms with Gasteiger partial charge in [0.15, 0.2) is 0 Å². The van der Waals surface area contributed by atoms with Gasteiger partial charge in [0.05, 0.1) is 11.7 Å². The van der Waals surface area contributed by atoms with Crippen LogP contribution in [0.15, 0.2) is 0 Å². The van der Waals surface area contributed by atoms with Crippen molar-refractivity contribution < 1.29 is 24.6 Å². The number of carbonyl (C=O) groups is 3. The summed E-state index contributed by atoms with van der Waals surface area (Å²) < 4.78 is 0. The summed E-state index contributed by atoms with van der Waals surface area (Å²) in [5, 5.41) is 19.2. The Morgan fingerprint density at radius 3 is 2.50 bits per heavy atom. The lowest BCUT2D eigenvalue weighted by Crippen LogP contribution is -2.45. The second-order valence-electron chi connectivity index (χ2n) is 3.50. The average molecular weight is 247 g/mol. The van der Waals surface area contributed by atoms with E-state index in [0.717, 1.165) is 18.6 Å². The van der Waals surface area contributed by atoms with Gasteiger partial charge in [-0.15, -0.1) is 11.8 Å². The summed E-state index contributed by atoms with van der Waals surface area (Å²) >= 11 is 1.47. The number of aliphatic carboxylic acids is 2. The third kappa shape index (κ3) is 3.73. The highest BCUT2D eigenvalue weighted by Crippen LogP contribution is 2.26. The van der Waals surface area contributed by atoms with Gasteiger partial charge in [0, 0.05) is 0 Å². The Labute approximate surface area is 96.4 Å². The quantitative estimate of drug-likeness (QED) is 0.628. The van der Waals surface area contributed by atoms with Gasteiger partial charge in [-0.1, -0.05) is 0 Å². The first-order chi connectivity index (χ1) is 7.50. The third-order valence-electron chi connectivity index (χ3n) is 2.22. The van der Waals surface area contributed by atoms with E-state index in [1.54, 1.807) is 0 Å². The number of carboxylic acids is 2. The molecular formula is C9H13NO5S. The van der Waals surface area contributed by atoms with Crippen LogP contribution in [0.3, 0.4) is 0 Å². The molecule has 0 aromatic heterocycles. The predicted molar refractivity (Wildman–Crippen MR) is 57.3 cm³/mol. The molecule has 0 aromatic carbocycles. The molecule has 0 spiro atoms. The zero-order valence-electron chi connectivity index (χ0n) is 8.51. The molecule has 1 amide bonds. The van der Waals surface area contributed by atoms with Crippen molar-refractivity contribution >= 4 is 29.6 Å². The number of hydrogen-bond acceptors (Lipinski definition) is 4. The fourth-order valence-corrected chi connectivity index (χ4v) is 2.59. The van der Waals surface area contributed by atoms with E-state index in [1.807, 2.05) is 0 Å². The molecule has 1 rings (SSSR count). The van der Waals surface area contributed by atoms with Crippen LogP contribution in [0.4, 0.5) is 0 Å².